The van der Waals surface area contributed by atoms with Crippen molar-refractivity contribution in [2.45, 2.75) is 84.6 Å². The largest absolute Gasteiger partial charge is 0.480 e. The number of amides is 1. The fourth-order valence-electron chi connectivity index (χ4n) is 2.28. The van der Waals surface area contributed by atoms with Gasteiger partial charge in [0.05, 0.1) is 6.61 Å². The number of hydrogen-bond acceptors (Lipinski definition) is 3. The Labute approximate surface area is 134 Å². The molecule has 0 aliphatic rings. The number of unbranched alkanes of at least 4 members (excludes halogenated alkanes) is 7. The van der Waals surface area contributed by atoms with Crippen LogP contribution in [0.3, 0.4) is 0 Å². The van der Waals surface area contributed by atoms with E-state index in [9.17, 15) is 9.59 Å². The molecular weight excluding hydrogens is 282 g/mol. The lowest BCUT2D eigenvalue weighted by Gasteiger charge is -2.16. The zero-order valence-corrected chi connectivity index (χ0v) is 14.4. The first kappa shape index (κ1) is 20.7. The fourth-order valence-corrected chi connectivity index (χ4v) is 2.28. The lowest BCUT2D eigenvalue weighted by molar-refractivity contribution is -0.139. The molecule has 1 amide bonds. The van der Waals surface area contributed by atoms with Crippen LogP contribution in [0.15, 0.2) is 0 Å². The number of nitrogens with one attached hydrogen (secondary N) is 1. The Bertz CT molecular complexity index is 305. The van der Waals surface area contributed by atoms with Gasteiger partial charge >= 0.3 is 12.1 Å². The van der Waals surface area contributed by atoms with E-state index in [1.807, 2.05) is 13.8 Å². The molecule has 22 heavy (non-hydrogen) atoms. The zero-order chi connectivity index (χ0) is 16.8. The average molecular weight is 315 g/mol. The number of rotatable bonds is 13. The zero-order valence-electron chi connectivity index (χ0n) is 14.4. The molecule has 0 saturated carbocycles. The summed E-state index contributed by atoms with van der Waals surface area (Å²) in [6, 6.07) is -0.869. The Kier molecular flexibility index (Phi) is 12.6. The van der Waals surface area contributed by atoms with Gasteiger partial charge in [-0.1, -0.05) is 65.7 Å². The summed E-state index contributed by atoms with van der Waals surface area (Å²) in [5, 5.41) is 11.4. The van der Waals surface area contributed by atoms with Gasteiger partial charge in [0.15, 0.2) is 0 Å². The van der Waals surface area contributed by atoms with Crippen LogP contribution in [0.1, 0.15) is 78.6 Å². The summed E-state index contributed by atoms with van der Waals surface area (Å²) in [4.78, 5) is 22.6. The second-order valence-electron chi connectivity index (χ2n) is 6.28. The van der Waals surface area contributed by atoms with E-state index >= 15 is 0 Å². The number of ether oxygens (including phenoxy) is 1. The molecule has 0 unspecified atom stereocenters. The molecule has 0 spiro atoms. The quantitative estimate of drug-likeness (QED) is 0.495. The molecule has 0 aromatic rings. The van der Waals surface area contributed by atoms with E-state index in [4.69, 9.17) is 9.84 Å². The van der Waals surface area contributed by atoms with Crippen LogP contribution in [0.5, 0.6) is 0 Å². The third-order valence-electron chi connectivity index (χ3n) is 3.53. The van der Waals surface area contributed by atoms with Gasteiger partial charge in [-0.15, -0.1) is 0 Å². The van der Waals surface area contributed by atoms with E-state index in [1.165, 1.54) is 38.5 Å². The number of alkyl carbamates (subject to hydrolysis) is 1. The van der Waals surface area contributed by atoms with E-state index in [0.717, 1.165) is 12.8 Å². The topological polar surface area (TPSA) is 75.6 Å². The molecule has 0 saturated heterocycles. The SMILES string of the molecule is CCCCCCCCCCOC(=O)N[C@@H](CC(C)C)C(=O)O. The van der Waals surface area contributed by atoms with E-state index in [-0.39, 0.29) is 5.92 Å². The van der Waals surface area contributed by atoms with Crippen LogP contribution in [-0.4, -0.2) is 29.8 Å². The van der Waals surface area contributed by atoms with Crippen molar-refractivity contribution < 1.29 is 19.4 Å². The number of carboxylic acid groups (broad SMARTS) is 1. The standard InChI is InChI=1S/C17H33NO4/c1-4-5-6-7-8-9-10-11-12-22-17(21)18-15(16(19)20)13-14(2)3/h14-15H,4-13H2,1-3H3,(H,18,21)(H,19,20)/t15-/m0/s1. The first-order chi connectivity index (χ1) is 10.5. The normalized spacial score (nSPS) is 12.2. The van der Waals surface area contributed by atoms with Gasteiger partial charge in [0, 0.05) is 0 Å². The van der Waals surface area contributed by atoms with Crippen molar-refractivity contribution >= 4 is 12.1 Å². The molecular formula is C17H33NO4. The van der Waals surface area contributed by atoms with Crippen LogP contribution < -0.4 is 5.32 Å². The van der Waals surface area contributed by atoms with Crippen LogP contribution in [0.2, 0.25) is 0 Å². The molecule has 5 nitrogen and oxygen atoms in total. The Balaban J connectivity index is 3.61. The van der Waals surface area contributed by atoms with Gasteiger partial charge in [-0.3, -0.25) is 0 Å². The maximum Gasteiger partial charge on any atom is 0.407 e. The Morgan fingerprint density at radius 1 is 1.00 bits per heavy atom. The summed E-state index contributed by atoms with van der Waals surface area (Å²) in [6.07, 6.45) is 9.23. The Morgan fingerprint density at radius 3 is 2.05 bits per heavy atom. The Hall–Kier alpha value is -1.26. The van der Waals surface area contributed by atoms with Crippen LogP contribution in [0.4, 0.5) is 4.79 Å². The first-order valence-electron chi connectivity index (χ1n) is 8.63. The molecule has 0 aromatic carbocycles. The van der Waals surface area contributed by atoms with Gasteiger partial charge in [0.2, 0.25) is 0 Å². The summed E-state index contributed by atoms with van der Waals surface area (Å²) in [7, 11) is 0. The molecule has 0 bridgehead atoms. The first-order valence-corrected chi connectivity index (χ1v) is 8.63. The monoisotopic (exact) mass is 315 g/mol. The highest BCUT2D eigenvalue weighted by Crippen LogP contribution is 2.09. The minimum atomic E-state index is -1.02. The van der Waals surface area contributed by atoms with Crippen LogP contribution >= 0.6 is 0 Å². The molecule has 0 aromatic heterocycles. The summed E-state index contributed by atoms with van der Waals surface area (Å²) < 4.78 is 5.04. The van der Waals surface area contributed by atoms with Crippen molar-refractivity contribution in [3.63, 3.8) is 0 Å². The molecule has 0 radical (unpaired) electrons. The van der Waals surface area contributed by atoms with Gasteiger partial charge in [-0.25, -0.2) is 9.59 Å². The van der Waals surface area contributed by atoms with E-state index in [1.54, 1.807) is 0 Å². The fraction of sp³-hybridized carbons (Fsp3) is 0.882. The van der Waals surface area contributed by atoms with Crippen molar-refractivity contribution in [3.05, 3.63) is 0 Å². The number of carbonyl (C=O) groups excluding carboxylic acids is 1. The van der Waals surface area contributed by atoms with Crippen molar-refractivity contribution in [1.82, 2.24) is 5.32 Å². The van der Waals surface area contributed by atoms with Crippen molar-refractivity contribution in [2.24, 2.45) is 5.92 Å². The predicted octanol–water partition coefficient (Wildman–Crippen LogP) is 4.35. The second-order valence-corrected chi connectivity index (χ2v) is 6.28. The lowest BCUT2D eigenvalue weighted by Crippen LogP contribution is -2.42. The van der Waals surface area contributed by atoms with Crippen LogP contribution in [-0.2, 0) is 9.53 Å². The average Bonchev–Trinajstić information content (AvgIpc) is 2.44. The molecule has 130 valence electrons. The number of aliphatic carboxylic acids is 1. The third-order valence-corrected chi connectivity index (χ3v) is 3.53. The minimum absolute atomic E-state index is 0.203. The van der Waals surface area contributed by atoms with E-state index in [2.05, 4.69) is 12.2 Å². The van der Waals surface area contributed by atoms with E-state index in [0.29, 0.717) is 13.0 Å². The molecule has 1 atom stereocenters. The molecule has 0 aliphatic heterocycles. The van der Waals surface area contributed by atoms with Gasteiger partial charge in [0.1, 0.15) is 6.04 Å². The highest BCUT2D eigenvalue weighted by Gasteiger charge is 2.21. The van der Waals surface area contributed by atoms with Crippen LogP contribution in [0.25, 0.3) is 0 Å². The third kappa shape index (κ3) is 12.5. The molecule has 5 heteroatoms. The molecule has 0 fully saturated rings. The Morgan fingerprint density at radius 2 is 1.55 bits per heavy atom. The van der Waals surface area contributed by atoms with Crippen molar-refractivity contribution in [1.29, 1.82) is 0 Å². The van der Waals surface area contributed by atoms with E-state index < -0.39 is 18.1 Å². The summed E-state index contributed by atoms with van der Waals surface area (Å²) >= 11 is 0. The van der Waals surface area contributed by atoms with Crippen LogP contribution in [0, 0.1) is 5.92 Å². The van der Waals surface area contributed by atoms with Gasteiger partial charge in [0.25, 0.3) is 0 Å². The number of carbonyl (C=O) groups is 2. The number of carboxylic acids is 1. The molecule has 0 aliphatic carbocycles. The highest BCUT2D eigenvalue weighted by molar-refractivity contribution is 5.79. The van der Waals surface area contributed by atoms with Gasteiger partial charge in [-0.05, 0) is 18.8 Å². The maximum atomic E-state index is 11.5. The molecule has 2 N–H and O–H groups in total. The van der Waals surface area contributed by atoms with Crippen molar-refractivity contribution in [3.8, 4) is 0 Å². The highest BCUT2D eigenvalue weighted by atomic mass is 16.5. The van der Waals surface area contributed by atoms with Crippen molar-refractivity contribution in [2.75, 3.05) is 6.61 Å². The lowest BCUT2D eigenvalue weighted by atomic mass is 10.0. The number of hydrogen-bond donors (Lipinski definition) is 2. The summed E-state index contributed by atoms with van der Waals surface area (Å²) in [6.45, 7) is 6.40. The summed E-state index contributed by atoms with van der Waals surface area (Å²) in [5.41, 5.74) is 0. The van der Waals surface area contributed by atoms with Gasteiger partial charge in [-0.2, -0.15) is 0 Å². The molecule has 0 rings (SSSR count). The minimum Gasteiger partial charge on any atom is -0.480 e. The van der Waals surface area contributed by atoms with Gasteiger partial charge < -0.3 is 15.2 Å². The predicted molar refractivity (Wildman–Crippen MR) is 88.0 cm³/mol. The summed E-state index contributed by atoms with van der Waals surface area (Å²) in [5.74, 6) is -0.813. The smallest absolute Gasteiger partial charge is 0.407 e. The second kappa shape index (κ2) is 13.4. The maximum absolute atomic E-state index is 11.5. The molecule has 0 heterocycles.